The second-order valence-electron chi connectivity index (χ2n) is 6.24. The number of esters is 1. The van der Waals surface area contributed by atoms with Crippen LogP contribution in [0, 0.1) is 0 Å². The van der Waals surface area contributed by atoms with E-state index in [1.807, 2.05) is 17.5 Å². The Kier molecular flexibility index (Phi) is 5.72. The van der Waals surface area contributed by atoms with Gasteiger partial charge in [0.25, 0.3) is 0 Å². The highest BCUT2D eigenvalue weighted by Gasteiger charge is 2.35. The average molecular weight is 364 g/mol. The molecule has 2 aliphatic rings. The summed E-state index contributed by atoms with van der Waals surface area (Å²) in [5.41, 5.74) is 1.15. The minimum atomic E-state index is -0.463. The second-order valence-corrected chi connectivity index (χ2v) is 7.22. The standard InChI is InChI=1S/C17H24N4O3S/c1-3-24-16(22)14-12(11-21-8-6-20(2)7-9-21)18-17(23)19-15(14)13-5-4-10-25-13/h4-5,10,15H,3,6-9,11H2,1-2H3,(H2,18,19,23)/t15-/m0/s1. The summed E-state index contributed by atoms with van der Waals surface area (Å²) in [5, 5.41) is 7.63. The predicted octanol–water partition coefficient (Wildman–Crippen LogP) is 1.17. The molecule has 2 aliphatic heterocycles. The first-order chi connectivity index (χ1) is 12.1. The molecule has 136 valence electrons. The van der Waals surface area contributed by atoms with E-state index < -0.39 is 6.04 Å². The largest absolute Gasteiger partial charge is 0.463 e. The Morgan fingerprint density at radius 3 is 2.76 bits per heavy atom. The molecular weight excluding hydrogens is 340 g/mol. The van der Waals surface area contributed by atoms with Crippen molar-refractivity contribution in [1.29, 1.82) is 0 Å². The minimum Gasteiger partial charge on any atom is -0.463 e. The van der Waals surface area contributed by atoms with Gasteiger partial charge in [-0.05, 0) is 25.4 Å². The number of amides is 2. The number of piperazine rings is 1. The quantitative estimate of drug-likeness (QED) is 0.767. The van der Waals surface area contributed by atoms with Crippen molar-refractivity contribution < 1.29 is 14.3 Å². The maximum Gasteiger partial charge on any atom is 0.338 e. The van der Waals surface area contributed by atoms with Crippen LogP contribution >= 0.6 is 11.3 Å². The monoisotopic (exact) mass is 364 g/mol. The van der Waals surface area contributed by atoms with Gasteiger partial charge in [-0.2, -0.15) is 0 Å². The molecule has 3 rings (SSSR count). The van der Waals surface area contributed by atoms with Crippen LogP contribution in [0.5, 0.6) is 0 Å². The number of hydrogen-bond donors (Lipinski definition) is 2. The van der Waals surface area contributed by atoms with E-state index in [1.54, 1.807) is 6.92 Å². The summed E-state index contributed by atoms with van der Waals surface area (Å²) in [7, 11) is 2.10. The average Bonchev–Trinajstić information content (AvgIpc) is 3.11. The van der Waals surface area contributed by atoms with Crippen molar-refractivity contribution in [1.82, 2.24) is 20.4 Å². The molecule has 1 aromatic heterocycles. The lowest BCUT2D eigenvalue weighted by atomic mass is 10.0. The molecule has 0 aromatic carbocycles. The topological polar surface area (TPSA) is 73.9 Å². The summed E-state index contributed by atoms with van der Waals surface area (Å²) < 4.78 is 5.27. The van der Waals surface area contributed by atoms with Gasteiger partial charge in [0.15, 0.2) is 0 Å². The first-order valence-corrected chi connectivity index (χ1v) is 9.38. The van der Waals surface area contributed by atoms with Crippen LogP contribution in [0.15, 0.2) is 28.8 Å². The molecule has 0 spiro atoms. The van der Waals surface area contributed by atoms with Crippen LogP contribution in [0.1, 0.15) is 17.8 Å². The van der Waals surface area contributed by atoms with Gasteiger partial charge in [0, 0.05) is 43.3 Å². The molecule has 1 atom stereocenters. The highest BCUT2D eigenvalue weighted by atomic mass is 32.1. The van der Waals surface area contributed by atoms with E-state index in [0.29, 0.717) is 24.4 Å². The number of carbonyl (C=O) groups is 2. The van der Waals surface area contributed by atoms with Gasteiger partial charge in [0.2, 0.25) is 0 Å². The van der Waals surface area contributed by atoms with Gasteiger partial charge < -0.3 is 20.3 Å². The number of carbonyl (C=O) groups excluding carboxylic acids is 2. The highest BCUT2D eigenvalue weighted by molar-refractivity contribution is 7.10. The first kappa shape index (κ1) is 17.9. The minimum absolute atomic E-state index is 0.282. The molecule has 0 aliphatic carbocycles. The van der Waals surface area contributed by atoms with Gasteiger partial charge in [-0.3, -0.25) is 4.90 Å². The summed E-state index contributed by atoms with van der Waals surface area (Å²) in [6.45, 7) is 6.39. The van der Waals surface area contributed by atoms with Crippen LogP contribution < -0.4 is 10.6 Å². The number of nitrogens with zero attached hydrogens (tertiary/aromatic N) is 2. The van der Waals surface area contributed by atoms with E-state index in [1.165, 1.54) is 11.3 Å². The fourth-order valence-electron chi connectivity index (χ4n) is 3.09. The molecule has 3 heterocycles. The number of rotatable bonds is 5. The van der Waals surface area contributed by atoms with Crippen molar-refractivity contribution in [2.75, 3.05) is 46.4 Å². The molecule has 25 heavy (non-hydrogen) atoms. The van der Waals surface area contributed by atoms with Crippen molar-refractivity contribution in [3.63, 3.8) is 0 Å². The number of nitrogens with one attached hydrogen (secondary N) is 2. The third-order valence-corrected chi connectivity index (χ3v) is 5.39. The summed E-state index contributed by atoms with van der Waals surface area (Å²) in [6, 6.07) is 3.09. The van der Waals surface area contributed by atoms with E-state index in [0.717, 1.165) is 31.1 Å². The maximum atomic E-state index is 12.6. The molecule has 8 heteroatoms. The Hall–Kier alpha value is -1.90. The van der Waals surface area contributed by atoms with Crippen LogP contribution in [0.4, 0.5) is 4.79 Å². The smallest absolute Gasteiger partial charge is 0.338 e. The predicted molar refractivity (Wildman–Crippen MR) is 96.3 cm³/mol. The van der Waals surface area contributed by atoms with E-state index in [2.05, 4.69) is 27.5 Å². The van der Waals surface area contributed by atoms with E-state index in [4.69, 9.17) is 4.74 Å². The summed E-state index contributed by atoms with van der Waals surface area (Å²) >= 11 is 1.51. The molecule has 2 N–H and O–H groups in total. The fourth-order valence-corrected chi connectivity index (χ4v) is 3.88. The van der Waals surface area contributed by atoms with Gasteiger partial charge in [-0.1, -0.05) is 6.07 Å². The zero-order valence-electron chi connectivity index (χ0n) is 14.6. The van der Waals surface area contributed by atoms with Crippen LogP contribution in [0.3, 0.4) is 0 Å². The molecule has 1 saturated heterocycles. The zero-order chi connectivity index (χ0) is 17.8. The third kappa shape index (κ3) is 4.20. The Morgan fingerprint density at radius 2 is 2.12 bits per heavy atom. The van der Waals surface area contributed by atoms with Crippen molar-refractivity contribution in [2.45, 2.75) is 13.0 Å². The normalized spacial score (nSPS) is 22.5. The molecule has 0 saturated carbocycles. The molecular formula is C17H24N4O3S. The summed E-state index contributed by atoms with van der Waals surface area (Å²) in [4.78, 5) is 30.2. The third-order valence-electron chi connectivity index (χ3n) is 4.45. The first-order valence-electron chi connectivity index (χ1n) is 8.50. The van der Waals surface area contributed by atoms with Gasteiger partial charge >= 0.3 is 12.0 Å². The van der Waals surface area contributed by atoms with Crippen LogP contribution in [-0.4, -0.2) is 68.2 Å². The van der Waals surface area contributed by atoms with Crippen LogP contribution in [-0.2, 0) is 9.53 Å². The van der Waals surface area contributed by atoms with Gasteiger partial charge in [0.05, 0.1) is 18.2 Å². The Morgan fingerprint density at radius 1 is 1.36 bits per heavy atom. The van der Waals surface area contributed by atoms with E-state index in [-0.39, 0.29) is 12.0 Å². The van der Waals surface area contributed by atoms with Crippen molar-refractivity contribution in [2.24, 2.45) is 0 Å². The van der Waals surface area contributed by atoms with Gasteiger partial charge in [-0.25, -0.2) is 9.59 Å². The second kappa shape index (κ2) is 7.99. The molecule has 2 amide bonds. The van der Waals surface area contributed by atoms with E-state index >= 15 is 0 Å². The maximum absolute atomic E-state index is 12.6. The molecule has 0 radical (unpaired) electrons. The number of urea groups is 1. The van der Waals surface area contributed by atoms with Crippen molar-refractivity contribution >= 4 is 23.3 Å². The van der Waals surface area contributed by atoms with Crippen molar-refractivity contribution in [3.8, 4) is 0 Å². The lowest BCUT2D eigenvalue weighted by Gasteiger charge is -2.35. The molecule has 1 aromatic rings. The van der Waals surface area contributed by atoms with Crippen LogP contribution in [0.2, 0.25) is 0 Å². The van der Waals surface area contributed by atoms with Crippen molar-refractivity contribution in [3.05, 3.63) is 33.7 Å². The van der Waals surface area contributed by atoms with Crippen LogP contribution in [0.25, 0.3) is 0 Å². The molecule has 0 bridgehead atoms. The SMILES string of the molecule is CCOC(=O)C1=C(CN2CCN(C)CC2)NC(=O)N[C@H]1c1cccs1. The number of likely N-dealkylation sites (N-methyl/N-ethyl adjacent to an activating group) is 1. The fraction of sp³-hybridized carbons (Fsp3) is 0.529. The highest BCUT2D eigenvalue weighted by Crippen LogP contribution is 2.31. The molecule has 7 nitrogen and oxygen atoms in total. The number of thiophene rings is 1. The van der Waals surface area contributed by atoms with Gasteiger partial charge in [0.1, 0.15) is 0 Å². The molecule has 0 unspecified atom stereocenters. The molecule has 1 fully saturated rings. The van der Waals surface area contributed by atoms with Gasteiger partial charge in [-0.15, -0.1) is 11.3 Å². The number of ether oxygens (including phenoxy) is 1. The summed E-state index contributed by atoms with van der Waals surface area (Å²) in [5.74, 6) is -0.377. The lowest BCUT2D eigenvalue weighted by molar-refractivity contribution is -0.139. The lowest BCUT2D eigenvalue weighted by Crippen LogP contribution is -2.51. The number of hydrogen-bond acceptors (Lipinski definition) is 6. The Balaban J connectivity index is 1.90. The van der Waals surface area contributed by atoms with E-state index in [9.17, 15) is 9.59 Å². The Bertz CT molecular complexity index is 651. The Labute approximate surface area is 151 Å². The zero-order valence-corrected chi connectivity index (χ0v) is 15.4. The summed E-state index contributed by atoms with van der Waals surface area (Å²) in [6.07, 6.45) is 0.